The van der Waals surface area contributed by atoms with Crippen LogP contribution in [-0.4, -0.2) is 24.6 Å². The first-order valence-electron chi connectivity index (χ1n) is 9.05. The summed E-state index contributed by atoms with van der Waals surface area (Å²) < 4.78 is 7.91. The highest BCUT2D eigenvalue weighted by molar-refractivity contribution is 7.98. The predicted molar refractivity (Wildman–Crippen MR) is 114 cm³/mol. The van der Waals surface area contributed by atoms with Gasteiger partial charge in [0.1, 0.15) is 16.6 Å². The molecule has 0 saturated carbocycles. The molecule has 0 saturated heterocycles. The highest BCUT2D eigenvalue weighted by atomic mass is 35.5. The minimum absolute atomic E-state index is 0.565. The number of para-hydroxylation sites is 2. The van der Waals surface area contributed by atoms with Crippen LogP contribution in [0.15, 0.2) is 58.0 Å². The molecule has 0 aliphatic carbocycles. The number of thioether (sulfide) groups is 1. The molecule has 0 unspecified atom stereocenters. The van der Waals surface area contributed by atoms with Crippen LogP contribution in [0.3, 0.4) is 0 Å². The standard InChI is InChI=1S/C21H16ClN5OS/c1-12-17(23-20(28-12)14-6-5-7-15(22)10-14)11-29-21-19-26-25-13(2)27(19)18-9-4-3-8-16(18)24-21/h3-10H,11H2,1-2H3. The van der Waals surface area contributed by atoms with Gasteiger partial charge in [0.15, 0.2) is 5.65 Å². The highest BCUT2D eigenvalue weighted by Crippen LogP contribution is 2.31. The maximum absolute atomic E-state index is 6.09. The van der Waals surface area contributed by atoms with E-state index in [0.29, 0.717) is 16.7 Å². The molecule has 5 aromatic rings. The molecule has 0 fully saturated rings. The van der Waals surface area contributed by atoms with E-state index < -0.39 is 0 Å². The van der Waals surface area contributed by atoms with E-state index in [4.69, 9.17) is 21.0 Å². The van der Waals surface area contributed by atoms with E-state index in [1.54, 1.807) is 11.8 Å². The molecule has 0 amide bonds. The van der Waals surface area contributed by atoms with Crippen LogP contribution >= 0.6 is 23.4 Å². The second-order valence-corrected chi connectivity index (χ2v) is 8.03. The molecule has 0 atom stereocenters. The molecule has 0 spiro atoms. The van der Waals surface area contributed by atoms with E-state index in [9.17, 15) is 0 Å². The largest absolute Gasteiger partial charge is 0.441 e. The molecule has 0 aliphatic heterocycles. The second kappa shape index (κ2) is 7.17. The van der Waals surface area contributed by atoms with Crippen molar-refractivity contribution in [1.29, 1.82) is 0 Å². The van der Waals surface area contributed by atoms with Gasteiger partial charge in [0.05, 0.1) is 16.7 Å². The predicted octanol–water partition coefficient (Wildman–Crippen LogP) is 5.50. The van der Waals surface area contributed by atoms with Crippen LogP contribution in [0.2, 0.25) is 5.02 Å². The van der Waals surface area contributed by atoms with E-state index in [1.807, 2.05) is 66.8 Å². The quantitative estimate of drug-likeness (QED) is 0.357. The zero-order valence-corrected chi connectivity index (χ0v) is 17.3. The van der Waals surface area contributed by atoms with Gasteiger partial charge >= 0.3 is 0 Å². The van der Waals surface area contributed by atoms with Crippen LogP contribution in [-0.2, 0) is 5.75 Å². The zero-order valence-electron chi connectivity index (χ0n) is 15.8. The van der Waals surface area contributed by atoms with Gasteiger partial charge in [0.2, 0.25) is 5.89 Å². The van der Waals surface area contributed by atoms with Gasteiger partial charge in [-0.05, 0) is 44.2 Å². The Kier molecular flexibility index (Phi) is 4.49. The molecule has 8 heteroatoms. The number of nitrogens with zero attached hydrogens (tertiary/aromatic N) is 5. The van der Waals surface area contributed by atoms with Crippen LogP contribution in [0.25, 0.3) is 28.1 Å². The number of halogens is 1. The summed E-state index contributed by atoms with van der Waals surface area (Å²) in [6.07, 6.45) is 0. The molecule has 0 N–H and O–H groups in total. The fourth-order valence-corrected chi connectivity index (χ4v) is 4.39. The molecule has 3 aromatic heterocycles. The van der Waals surface area contributed by atoms with Gasteiger partial charge < -0.3 is 4.42 Å². The van der Waals surface area contributed by atoms with Crippen molar-refractivity contribution >= 4 is 40.0 Å². The van der Waals surface area contributed by atoms with Gasteiger partial charge in [-0.15, -0.1) is 10.2 Å². The minimum Gasteiger partial charge on any atom is -0.441 e. The van der Waals surface area contributed by atoms with E-state index >= 15 is 0 Å². The lowest BCUT2D eigenvalue weighted by Gasteiger charge is -2.06. The van der Waals surface area contributed by atoms with E-state index in [0.717, 1.165) is 44.5 Å². The van der Waals surface area contributed by atoms with Crippen molar-refractivity contribution in [2.45, 2.75) is 24.6 Å². The molecule has 0 aliphatic rings. The fourth-order valence-electron chi connectivity index (χ4n) is 3.24. The lowest BCUT2D eigenvalue weighted by Crippen LogP contribution is -1.97. The summed E-state index contributed by atoms with van der Waals surface area (Å²) in [5.41, 5.74) is 4.38. The topological polar surface area (TPSA) is 69.1 Å². The monoisotopic (exact) mass is 421 g/mol. The fraction of sp³-hybridized carbons (Fsp3) is 0.143. The van der Waals surface area contributed by atoms with Crippen LogP contribution in [0.1, 0.15) is 17.3 Å². The summed E-state index contributed by atoms with van der Waals surface area (Å²) in [7, 11) is 0. The number of benzene rings is 2. The number of fused-ring (bicyclic) bond motifs is 3. The molecule has 144 valence electrons. The van der Waals surface area contributed by atoms with Crippen molar-refractivity contribution in [3.05, 3.63) is 70.8 Å². The smallest absolute Gasteiger partial charge is 0.226 e. The van der Waals surface area contributed by atoms with E-state index in [-0.39, 0.29) is 0 Å². The van der Waals surface area contributed by atoms with Crippen molar-refractivity contribution < 1.29 is 4.42 Å². The molecular weight excluding hydrogens is 406 g/mol. The summed E-state index contributed by atoms with van der Waals surface area (Å²) in [5, 5.41) is 10.0. The Labute approximate surface area is 176 Å². The maximum Gasteiger partial charge on any atom is 0.226 e. The molecule has 0 bridgehead atoms. The molecule has 0 radical (unpaired) electrons. The maximum atomic E-state index is 6.09. The Balaban J connectivity index is 1.49. The lowest BCUT2D eigenvalue weighted by molar-refractivity contribution is 0.540. The SMILES string of the molecule is Cc1oc(-c2cccc(Cl)c2)nc1CSc1nc2ccccc2n2c(C)nnc12. The van der Waals surface area contributed by atoms with Crippen LogP contribution in [0, 0.1) is 13.8 Å². The van der Waals surface area contributed by atoms with Crippen LogP contribution in [0.4, 0.5) is 0 Å². The summed E-state index contributed by atoms with van der Waals surface area (Å²) in [5.74, 6) is 2.79. The number of aromatic nitrogens is 5. The number of aryl methyl sites for hydroxylation is 2. The zero-order chi connectivity index (χ0) is 20.0. The lowest BCUT2D eigenvalue weighted by atomic mass is 10.2. The van der Waals surface area contributed by atoms with Crippen LogP contribution < -0.4 is 0 Å². The van der Waals surface area contributed by atoms with E-state index in [1.165, 1.54) is 0 Å². The summed E-state index contributed by atoms with van der Waals surface area (Å²) in [6, 6.07) is 15.5. The number of hydrogen-bond acceptors (Lipinski definition) is 6. The van der Waals surface area contributed by atoms with Gasteiger partial charge in [0, 0.05) is 16.3 Å². The van der Waals surface area contributed by atoms with E-state index in [2.05, 4.69) is 15.2 Å². The first-order valence-corrected chi connectivity index (χ1v) is 10.4. The van der Waals surface area contributed by atoms with Gasteiger partial charge in [-0.2, -0.15) is 0 Å². The third-order valence-corrected chi connectivity index (χ3v) is 5.87. The first-order chi connectivity index (χ1) is 14.1. The van der Waals surface area contributed by atoms with Crippen molar-refractivity contribution in [2.75, 3.05) is 0 Å². The molecule has 3 heterocycles. The average Bonchev–Trinajstić information content (AvgIpc) is 3.29. The van der Waals surface area contributed by atoms with Crippen molar-refractivity contribution in [1.82, 2.24) is 24.6 Å². The van der Waals surface area contributed by atoms with Crippen molar-refractivity contribution in [2.24, 2.45) is 0 Å². The third-order valence-electron chi connectivity index (χ3n) is 4.67. The highest BCUT2D eigenvalue weighted by Gasteiger charge is 2.16. The first kappa shape index (κ1) is 18.1. The van der Waals surface area contributed by atoms with Gasteiger partial charge in [-0.1, -0.05) is 41.6 Å². The normalized spacial score (nSPS) is 11.6. The van der Waals surface area contributed by atoms with Gasteiger partial charge in [-0.3, -0.25) is 4.40 Å². The Morgan fingerprint density at radius 1 is 1.03 bits per heavy atom. The van der Waals surface area contributed by atoms with Gasteiger partial charge in [-0.25, -0.2) is 9.97 Å². The molecule has 29 heavy (non-hydrogen) atoms. The van der Waals surface area contributed by atoms with Crippen LogP contribution in [0.5, 0.6) is 0 Å². The van der Waals surface area contributed by atoms with Gasteiger partial charge in [0.25, 0.3) is 0 Å². The summed E-state index contributed by atoms with van der Waals surface area (Å²) >= 11 is 7.66. The summed E-state index contributed by atoms with van der Waals surface area (Å²) in [4.78, 5) is 9.47. The summed E-state index contributed by atoms with van der Waals surface area (Å²) in [6.45, 7) is 3.86. The Hall–Kier alpha value is -2.90. The number of rotatable bonds is 4. The number of hydrogen-bond donors (Lipinski definition) is 0. The second-order valence-electron chi connectivity index (χ2n) is 6.63. The molecule has 6 nitrogen and oxygen atoms in total. The molecular formula is C21H16ClN5OS. The number of oxazole rings is 1. The Morgan fingerprint density at radius 2 is 1.90 bits per heavy atom. The van der Waals surface area contributed by atoms with Crippen molar-refractivity contribution in [3.63, 3.8) is 0 Å². The Bertz CT molecular complexity index is 1360. The minimum atomic E-state index is 0.565. The van der Waals surface area contributed by atoms with Crippen molar-refractivity contribution in [3.8, 4) is 11.5 Å². The third kappa shape index (κ3) is 3.26. The average molecular weight is 422 g/mol. The molecule has 5 rings (SSSR count). The Morgan fingerprint density at radius 3 is 2.76 bits per heavy atom. The molecule has 2 aromatic carbocycles.